The number of hydrogen-bond donors (Lipinski definition) is 1. The summed E-state index contributed by atoms with van der Waals surface area (Å²) in [7, 11) is 0. The van der Waals surface area contributed by atoms with Gasteiger partial charge in [0, 0.05) is 16.9 Å². The number of rotatable bonds is 8. The van der Waals surface area contributed by atoms with Crippen LogP contribution in [0, 0.1) is 0 Å². The van der Waals surface area contributed by atoms with Crippen molar-refractivity contribution >= 4 is 52.3 Å². The quantitative estimate of drug-likeness (QED) is 0.585. The molecule has 1 amide bonds. The first-order valence-electron chi connectivity index (χ1n) is 8.00. The van der Waals surface area contributed by atoms with Gasteiger partial charge in [0.05, 0.1) is 28.1 Å². The van der Waals surface area contributed by atoms with E-state index in [1.165, 1.54) is 18.7 Å². The summed E-state index contributed by atoms with van der Waals surface area (Å²) in [6.07, 6.45) is 0. The normalized spacial score (nSPS) is 10.5. The fourth-order valence-electron chi connectivity index (χ4n) is 2.25. The summed E-state index contributed by atoms with van der Waals surface area (Å²) in [5.74, 6) is 1.27. The molecule has 7 heteroatoms. The lowest BCUT2D eigenvalue weighted by atomic mass is 10.1. The van der Waals surface area contributed by atoms with Crippen molar-refractivity contribution in [1.82, 2.24) is 0 Å². The van der Waals surface area contributed by atoms with Gasteiger partial charge in [-0.25, -0.2) is 0 Å². The van der Waals surface area contributed by atoms with E-state index in [1.807, 2.05) is 13.0 Å². The highest BCUT2D eigenvalue weighted by Gasteiger charge is 2.12. The van der Waals surface area contributed by atoms with Crippen LogP contribution in [-0.4, -0.2) is 24.1 Å². The number of Topliss-reactive ketones (excluding diaryl/α,β-unsaturated/α-hetero) is 1. The molecule has 0 radical (unpaired) electrons. The molecule has 4 nitrogen and oxygen atoms in total. The zero-order chi connectivity index (χ0) is 19.1. The van der Waals surface area contributed by atoms with Gasteiger partial charge in [-0.3, -0.25) is 9.59 Å². The van der Waals surface area contributed by atoms with E-state index in [1.54, 1.807) is 30.3 Å². The van der Waals surface area contributed by atoms with Crippen molar-refractivity contribution in [3.63, 3.8) is 0 Å². The molecule has 0 aliphatic heterocycles. The molecule has 0 unspecified atom stereocenters. The average molecular weight is 412 g/mol. The smallest absolute Gasteiger partial charge is 0.234 e. The van der Waals surface area contributed by atoms with E-state index in [2.05, 4.69) is 5.32 Å². The van der Waals surface area contributed by atoms with Crippen molar-refractivity contribution in [2.75, 3.05) is 17.7 Å². The Balaban J connectivity index is 1.99. The Kier molecular flexibility index (Phi) is 7.82. The van der Waals surface area contributed by atoms with E-state index >= 15 is 0 Å². The van der Waals surface area contributed by atoms with Crippen molar-refractivity contribution < 1.29 is 14.3 Å². The molecule has 0 aliphatic rings. The number of nitrogens with one attached hydrogen (secondary N) is 1. The third-order valence-corrected chi connectivity index (χ3v) is 5.10. The largest absolute Gasteiger partial charge is 0.494 e. The summed E-state index contributed by atoms with van der Waals surface area (Å²) in [5.41, 5.74) is 1.92. The standard InChI is InChI=1S/C19H19Cl2NO3S/c1-3-25-17-8-7-13(12(2)23)9-14(17)10-26-11-18(24)22-19-15(20)5-4-6-16(19)21/h4-9H,3,10-11H2,1-2H3,(H,22,24). The predicted octanol–water partition coefficient (Wildman–Crippen LogP) is 5.47. The number of halogens is 2. The molecule has 0 aliphatic carbocycles. The Morgan fingerprint density at radius 3 is 2.46 bits per heavy atom. The van der Waals surface area contributed by atoms with E-state index in [9.17, 15) is 9.59 Å². The number of thioether (sulfide) groups is 1. The first-order valence-corrected chi connectivity index (χ1v) is 9.91. The highest BCUT2D eigenvalue weighted by molar-refractivity contribution is 7.99. The van der Waals surface area contributed by atoms with Crippen LogP contribution in [-0.2, 0) is 10.5 Å². The summed E-state index contributed by atoms with van der Waals surface area (Å²) in [4.78, 5) is 23.7. The van der Waals surface area contributed by atoms with Crippen LogP contribution >= 0.6 is 35.0 Å². The Morgan fingerprint density at radius 2 is 1.85 bits per heavy atom. The van der Waals surface area contributed by atoms with Gasteiger partial charge >= 0.3 is 0 Å². The second-order valence-corrected chi connectivity index (χ2v) is 7.25. The number of hydrogen-bond acceptors (Lipinski definition) is 4. The van der Waals surface area contributed by atoms with E-state index in [0.29, 0.717) is 33.7 Å². The molecule has 138 valence electrons. The minimum absolute atomic E-state index is 0.00889. The highest BCUT2D eigenvalue weighted by Crippen LogP contribution is 2.30. The van der Waals surface area contributed by atoms with Gasteiger partial charge in [-0.2, -0.15) is 0 Å². The van der Waals surface area contributed by atoms with Crippen LogP contribution in [0.2, 0.25) is 10.0 Å². The second kappa shape index (κ2) is 9.86. The molecule has 0 aromatic heterocycles. The molecule has 0 spiro atoms. The second-order valence-electron chi connectivity index (χ2n) is 5.45. The van der Waals surface area contributed by atoms with Crippen molar-refractivity contribution in [2.45, 2.75) is 19.6 Å². The molecule has 1 N–H and O–H groups in total. The maximum absolute atomic E-state index is 12.2. The minimum Gasteiger partial charge on any atom is -0.494 e. The first-order chi connectivity index (χ1) is 12.4. The van der Waals surface area contributed by atoms with E-state index in [0.717, 1.165) is 11.3 Å². The average Bonchev–Trinajstić information content (AvgIpc) is 2.59. The molecule has 0 bridgehead atoms. The number of para-hydroxylation sites is 1. The van der Waals surface area contributed by atoms with Crippen LogP contribution in [0.5, 0.6) is 5.75 Å². The molecular weight excluding hydrogens is 393 g/mol. The summed E-state index contributed by atoms with van der Waals surface area (Å²) in [5, 5.41) is 3.51. The Morgan fingerprint density at radius 1 is 1.15 bits per heavy atom. The number of benzene rings is 2. The van der Waals surface area contributed by atoms with Gasteiger partial charge in [-0.15, -0.1) is 11.8 Å². The lowest BCUT2D eigenvalue weighted by molar-refractivity contribution is -0.113. The van der Waals surface area contributed by atoms with Crippen molar-refractivity contribution in [3.8, 4) is 5.75 Å². The molecule has 0 fully saturated rings. The van der Waals surface area contributed by atoms with Gasteiger partial charge in [-0.05, 0) is 44.2 Å². The summed E-state index contributed by atoms with van der Waals surface area (Å²) in [6.45, 7) is 3.95. The van der Waals surface area contributed by atoms with Crippen LogP contribution < -0.4 is 10.1 Å². The molecule has 0 heterocycles. The summed E-state index contributed by atoms with van der Waals surface area (Å²) in [6, 6.07) is 10.4. The maximum Gasteiger partial charge on any atom is 0.234 e. The molecule has 26 heavy (non-hydrogen) atoms. The Bertz CT molecular complexity index is 791. The Labute approximate surface area is 167 Å². The Hall–Kier alpha value is -1.69. The molecule has 2 aromatic rings. The van der Waals surface area contributed by atoms with Crippen LogP contribution in [0.15, 0.2) is 36.4 Å². The van der Waals surface area contributed by atoms with E-state index in [-0.39, 0.29) is 17.4 Å². The molecular formula is C19H19Cl2NO3S. The monoisotopic (exact) mass is 411 g/mol. The number of ether oxygens (including phenoxy) is 1. The molecule has 2 rings (SSSR count). The zero-order valence-corrected chi connectivity index (χ0v) is 16.8. The molecule has 2 aromatic carbocycles. The van der Waals surface area contributed by atoms with Crippen molar-refractivity contribution in [1.29, 1.82) is 0 Å². The van der Waals surface area contributed by atoms with Crippen LogP contribution in [0.25, 0.3) is 0 Å². The van der Waals surface area contributed by atoms with Gasteiger partial charge in [-0.1, -0.05) is 29.3 Å². The lowest BCUT2D eigenvalue weighted by Crippen LogP contribution is -2.15. The van der Waals surface area contributed by atoms with Crippen LogP contribution in [0.1, 0.15) is 29.8 Å². The number of anilines is 1. The fraction of sp³-hybridized carbons (Fsp3) is 0.263. The zero-order valence-electron chi connectivity index (χ0n) is 14.5. The SMILES string of the molecule is CCOc1ccc(C(C)=O)cc1CSCC(=O)Nc1c(Cl)cccc1Cl. The lowest BCUT2D eigenvalue weighted by Gasteiger charge is -2.12. The predicted molar refractivity (Wildman–Crippen MR) is 109 cm³/mol. The summed E-state index contributed by atoms with van der Waals surface area (Å²) >= 11 is 13.5. The van der Waals surface area contributed by atoms with Gasteiger partial charge in [0.1, 0.15) is 5.75 Å². The maximum atomic E-state index is 12.2. The van der Waals surface area contributed by atoms with Gasteiger partial charge in [0.15, 0.2) is 5.78 Å². The third-order valence-electron chi connectivity index (χ3n) is 3.48. The van der Waals surface area contributed by atoms with Gasteiger partial charge in [0.25, 0.3) is 0 Å². The minimum atomic E-state index is -0.203. The highest BCUT2D eigenvalue weighted by atomic mass is 35.5. The number of carbonyl (C=O) groups is 2. The molecule has 0 saturated carbocycles. The molecule has 0 atom stereocenters. The van der Waals surface area contributed by atoms with E-state index < -0.39 is 0 Å². The van der Waals surface area contributed by atoms with Crippen LogP contribution in [0.4, 0.5) is 5.69 Å². The van der Waals surface area contributed by atoms with Gasteiger partial charge in [0.2, 0.25) is 5.91 Å². The molecule has 0 saturated heterocycles. The van der Waals surface area contributed by atoms with Crippen LogP contribution in [0.3, 0.4) is 0 Å². The summed E-state index contributed by atoms with van der Waals surface area (Å²) < 4.78 is 5.60. The first kappa shape index (κ1) is 20.6. The van der Waals surface area contributed by atoms with E-state index in [4.69, 9.17) is 27.9 Å². The van der Waals surface area contributed by atoms with Gasteiger partial charge < -0.3 is 10.1 Å². The fourth-order valence-corrected chi connectivity index (χ4v) is 3.55. The third kappa shape index (κ3) is 5.66. The van der Waals surface area contributed by atoms with Crippen molar-refractivity contribution in [3.05, 3.63) is 57.6 Å². The number of carbonyl (C=O) groups excluding carboxylic acids is 2. The number of ketones is 1. The topological polar surface area (TPSA) is 55.4 Å². The van der Waals surface area contributed by atoms with Crippen molar-refractivity contribution in [2.24, 2.45) is 0 Å². The number of amides is 1.